The molecule has 1 aromatic rings. The van der Waals surface area contributed by atoms with E-state index in [9.17, 15) is 14.4 Å². The van der Waals surface area contributed by atoms with Crippen molar-refractivity contribution in [1.29, 1.82) is 0 Å². The summed E-state index contributed by atoms with van der Waals surface area (Å²) in [7, 11) is 0. The average Bonchev–Trinajstić information content (AvgIpc) is 2.32. The van der Waals surface area contributed by atoms with Crippen molar-refractivity contribution in [3.05, 3.63) is 24.3 Å². The lowest BCUT2D eigenvalue weighted by atomic mass is 9.97. The maximum Gasteiger partial charge on any atom is 0.321 e. The number of urea groups is 1. The molecule has 1 fully saturated rings. The summed E-state index contributed by atoms with van der Waals surface area (Å²) < 4.78 is 0. The number of nitrogens with one attached hydrogen (secondary N) is 2. The average molecular weight is 291 g/mol. The third-order valence-electron chi connectivity index (χ3n) is 3.14. The lowest BCUT2D eigenvalue weighted by molar-refractivity contribution is -0.139. The molecule has 0 unspecified atom stereocenters. The summed E-state index contributed by atoms with van der Waals surface area (Å²) in [6.45, 7) is 2.31. The zero-order chi connectivity index (χ0) is 15.4. The van der Waals surface area contributed by atoms with Crippen LogP contribution in [0, 0.1) is 5.92 Å². The number of carboxylic acids is 1. The summed E-state index contributed by atoms with van der Waals surface area (Å²) in [4.78, 5) is 35.0. The van der Waals surface area contributed by atoms with E-state index in [1.807, 2.05) is 0 Å². The highest BCUT2D eigenvalue weighted by molar-refractivity contribution is 5.92. The molecule has 21 heavy (non-hydrogen) atoms. The minimum absolute atomic E-state index is 0.0268. The minimum atomic E-state index is -0.844. The lowest BCUT2D eigenvalue weighted by Crippen LogP contribution is -2.52. The number of carbonyl (C=O) groups is 3. The van der Waals surface area contributed by atoms with Crippen LogP contribution >= 0.6 is 0 Å². The molecule has 2 rings (SSSR count). The maximum atomic E-state index is 11.9. The molecule has 1 heterocycles. The Morgan fingerprint density at radius 2 is 1.86 bits per heavy atom. The Morgan fingerprint density at radius 3 is 2.43 bits per heavy atom. The van der Waals surface area contributed by atoms with Crippen LogP contribution in [0.15, 0.2) is 24.3 Å². The molecular formula is C14H17N3O4. The van der Waals surface area contributed by atoms with Gasteiger partial charge in [0.05, 0.1) is 6.42 Å². The highest BCUT2D eigenvalue weighted by Gasteiger charge is 2.32. The highest BCUT2D eigenvalue weighted by Crippen LogP contribution is 2.21. The van der Waals surface area contributed by atoms with Gasteiger partial charge >= 0.3 is 12.0 Å². The van der Waals surface area contributed by atoms with Gasteiger partial charge in [-0.15, -0.1) is 0 Å². The number of benzene rings is 1. The molecule has 3 N–H and O–H groups in total. The first-order chi connectivity index (χ1) is 9.94. The van der Waals surface area contributed by atoms with Gasteiger partial charge in [-0.2, -0.15) is 0 Å². The fourth-order valence-corrected chi connectivity index (χ4v) is 2.19. The van der Waals surface area contributed by atoms with Gasteiger partial charge in [-0.3, -0.25) is 9.59 Å². The molecule has 0 atom stereocenters. The predicted octanol–water partition coefficient (Wildman–Crippen LogP) is 1.58. The Kier molecular flexibility index (Phi) is 4.42. The quantitative estimate of drug-likeness (QED) is 0.784. The van der Waals surface area contributed by atoms with E-state index in [0.29, 0.717) is 24.5 Å². The topological polar surface area (TPSA) is 98.7 Å². The second-order valence-corrected chi connectivity index (χ2v) is 5.06. The molecule has 1 aliphatic rings. The molecule has 3 amide bonds. The van der Waals surface area contributed by atoms with Gasteiger partial charge in [-0.1, -0.05) is 6.07 Å². The number of hydrogen-bond donors (Lipinski definition) is 3. The zero-order valence-electron chi connectivity index (χ0n) is 11.6. The number of amides is 3. The third kappa shape index (κ3) is 4.20. The molecule has 7 heteroatoms. The Hall–Kier alpha value is -2.57. The Bertz CT molecular complexity index is 567. The minimum Gasteiger partial charge on any atom is -0.481 e. The van der Waals surface area contributed by atoms with Crippen LogP contribution in [0.3, 0.4) is 0 Å². The molecule has 1 saturated heterocycles. The molecule has 0 bridgehead atoms. The van der Waals surface area contributed by atoms with Crippen molar-refractivity contribution < 1.29 is 19.5 Å². The molecule has 0 aromatic heterocycles. The predicted molar refractivity (Wildman–Crippen MR) is 77.1 cm³/mol. The fraction of sp³-hybridized carbons (Fsp3) is 0.357. The molecule has 0 aliphatic carbocycles. The van der Waals surface area contributed by atoms with E-state index in [0.717, 1.165) is 0 Å². The largest absolute Gasteiger partial charge is 0.481 e. The van der Waals surface area contributed by atoms with Crippen molar-refractivity contribution in [3.63, 3.8) is 0 Å². The van der Waals surface area contributed by atoms with Crippen LogP contribution in [0.2, 0.25) is 0 Å². The first-order valence-corrected chi connectivity index (χ1v) is 6.59. The van der Waals surface area contributed by atoms with Gasteiger partial charge in [0, 0.05) is 37.3 Å². The van der Waals surface area contributed by atoms with Gasteiger partial charge in [0.15, 0.2) is 0 Å². The van der Waals surface area contributed by atoms with Gasteiger partial charge in [0.1, 0.15) is 0 Å². The monoisotopic (exact) mass is 291 g/mol. The summed E-state index contributed by atoms with van der Waals surface area (Å²) in [5.41, 5.74) is 1.18. The van der Waals surface area contributed by atoms with Gasteiger partial charge in [-0.05, 0) is 18.2 Å². The van der Waals surface area contributed by atoms with E-state index in [4.69, 9.17) is 5.11 Å². The van der Waals surface area contributed by atoms with E-state index >= 15 is 0 Å². The summed E-state index contributed by atoms with van der Waals surface area (Å²) in [6, 6.07) is 6.57. The molecule has 0 saturated carbocycles. The molecule has 112 valence electrons. The zero-order valence-corrected chi connectivity index (χ0v) is 11.6. The second-order valence-electron chi connectivity index (χ2n) is 5.06. The molecule has 1 aromatic carbocycles. The van der Waals surface area contributed by atoms with E-state index in [2.05, 4.69) is 10.6 Å². The second kappa shape index (κ2) is 6.25. The van der Waals surface area contributed by atoms with Crippen molar-refractivity contribution in [2.24, 2.45) is 5.92 Å². The lowest BCUT2D eigenvalue weighted by Gasteiger charge is -2.38. The summed E-state index contributed by atoms with van der Waals surface area (Å²) in [5, 5.41) is 14.0. The number of carboxylic acid groups (broad SMARTS) is 1. The highest BCUT2D eigenvalue weighted by atomic mass is 16.4. The van der Waals surface area contributed by atoms with Gasteiger partial charge < -0.3 is 20.6 Å². The molecular weight excluding hydrogens is 274 g/mol. The standard InChI is InChI=1S/C14H17N3O4/c1-9(18)15-11-3-2-4-12(6-11)16-14(21)17-7-10(8-17)5-13(19)20/h2-4,6,10H,5,7-8H2,1H3,(H,15,18)(H,16,21)(H,19,20). The van der Waals surface area contributed by atoms with Crippen molar-refractivity contribution >= 4 is 29.3 Å². The van der Waals surface area contributed by atoms with E-state index < -0.39 is 5.97 Å². The molecule has 1 aliphatic heterocycles. The van der Waals surface area contributed by atoms with Crippen LogP contribution in [0.4, 0.5) is 16.2 Å². The van der Waals surface area contributed by atoms with Crippen LogP contribution in [-0.2, 0) is 9.59 Å². The number of hydrogen-bond acceptors (Lipinski definition) is 3. The smallest absolute Gasteiger partial charge is 0.321 e. The first-order valence-electron chi connectivity index (χ1n) is 6.59. The maximum absolute atomic E-state index is 11.9. The molecule has 0 radical (unpaired) electrons. The SMILES string of the molecule is CC(=O)Nc1cccc(NC(=O)N2CC(CC(=O)O)C2)c1. The number of carbonyl (C=O) groups excluding carboxylic acids is 2. The Balaban J connectivity index is 1.86. The number of nitrogens with zero attached hydrogens (tertiary/aromatic N) is 1. The number of rotatable bonds is 4. The fourth-order valence-electron chi connectivity index (χ4n) is 2.19. The van der Waals surface area contributed by atoms with E-state index in [-0.39, 0.29) is 24.3 Å². The van der Waals surface area contributed by atoms with Crippen LogP contribution in [0.5, 0.6) is 0 Å². The summed E-state index contributed by atoms with van der Waals surface area (Å²) in [6.07, 6.45) is 0.0851. The third-order valence-corrected chi connectivity index (χ3v) is 3.14. The van der Waals surface area contributed by atoms with Gasteiger partial charge in [0.2, 0.25) is 5.91 Å². The van der Waals surface area contributed by atoms with Crippen molar-refractivity contribution in [2.75, 3.05) is 23.7 Å². The Morgan fingerprint density at radius 1 is 1.24 bits per heavy atom. The molecule has 0 spiro atoms. The normalized spacial score (nSPS) is 14.2. The number of anilines is 2. The summed E-state index contributed by atoms with van der Waals surface area (Å²) in [5.74, 6) is -1.00. The van der Waals surface area contributed by atoms with E-state index in [1.165, 1.54) is 6.92 Å². The van der Waals surface area contributed by atoms with Crippen LogP contribution in [0.1, 0.15) is 13.3 Å². The first kappa shape index (κ1) is 14.8. The van der Waals surface area contributed by atoms with Crippen LogP contribution in [-0.4, -0.2) is 41.0 Å². The van der Waals surface area contributed by atoms with Crippen molar-refractivity contribution in [1.82, 2.24) is 4.90 Å². The van der Waals surface area contributed by atoms with E-state index in [1.54, 1.807) is 29.2 Å². The van der Waals surface area contributed by atoms with Gasteiger partial charge in [-0.25, -0.2) is 4.79 Å². The Labute approximate surface area is 121 Å². The van der Waals surface area contributed by atoms with Crippen molar-refractivity contribution in [2.45, 2.75) is 13.3 Å². The summed E-state index contributed by atoms with van der Waals surface area (Å²) >= 11 is 0. The molecule has 7 nitrogen and oxygen atoms in total. The van der Waals surface area contributed by atoms with Crippen LogP contribution < -0.4 is 10.6 Å². The van der Waals surface area contributed by atoms with Crippen molar-refractivity contribution in [3.8, 4) is 0 Å². The number of aliphatic carboxylic acids is 1. The van der Waals surface area contributed by atoms with Crippen LogP contribution in [0.25, 0.3) is 0 Å². The van der Waals surface area contributed by atoms with Gasteiger partial charge in [0.25, 0.3) is 0 Å². The number of likely N-dealkylation sites (tertiary alicyclic amines) is 1.